The van der Waals surface area contributed by atoms with Gasteiger partial charge in [-0.2, -0.15) is 0 Å². The van der Waals surface area contributed by atoms with E-state index in [0.717, 1.165) is 5.56 Å². The molecule has 1 unspecified atom stereocenters. The zero-order valence-electron chi connectivity index (χ0n) is 22.7. The Labute approximate surface area is 201 Å². The molecule has 2 atom stereocenters. The first kappa shape index (κ1) is 27.2. The highest BCUT2D eigenvalue weighted by Gasteiger charge is 2.55. The van der Waals surface area contributed by atoms with Crippen molar-refractivity contribution in [1.29, 1.82) is 0 Å². The minimum absolute atomic E-state index is 0.110. The first-order valence-electron chi connectivity index (χ1n) is 12.3. The Kier molecular flexibility index (Phi) is 7.98. The van der Waals surface area contributed by atoms with Crippen LogP contribution in [0.4, 0.5) is 0 Å². The van der Waals surface area contributed by atoms with Gasteiger partial charge in [0.15, 0.2) is 0 Å². The lowest BCUT2D eigenvalue weighted by Crippen LogP contribution is -2.55. The summed E-state index contributed by atoms with van der Waals surface area (Å²) in [7, 11) is 1.63. The fourth-order valence-corrected chi connectivity index (χ4v) is 4.86. The number of methoxy groups -OCH3 is 1. The van der Waals surface area contributed by atoms with Gasteiger partial charge in [0.05, 0.1) is 7.11 Å². The second kappa shape index (κ2) is 9.68. The van der Waals surface area contributed by atoms with Crippen molar-refractivity contribution in [2.24, 2.45) is 17.8 Å². The lowest BCUT2D eigenvalue weighted by Gasteiger charge is -2.39. The van der Waals surface area contributed by atoms with Crippen molar-refractivity contribution in [2.45, 2.75) is 98.6 Å². The molecule has 0 bridgehead atoms. The first-order valence-corrected chi connectivity index (χ1v) is 12.3. The minimum atomic E-state index is -0.969. The summed E-state index contributed by atoms with van der Waals surface area (Å²) in [4.78, 5) is 29.5. The largest absolute Gasteiger partial charge is 0.496 e. The number of likely N-dealkylation sites (tertiary alicyclic amines) is 1. The van der Waals surface area contributed by atoms with E-state index in [1.165, 1.54) is 0 Å². The number of hydrogen-bond acceptors (Lipinski definition) is 4. The summed E-state index contributed by atoms with van der Waals surface area (Å²) in [5.74, 6) is 1.09. The Hall–Kier alpha value is -2.04. The van der Waals surface area contributed by atoms with E-state index in [0.29, 0.717) is 36.6 Å². The van der Waals surface area contributed by atoms with E-state index in [2.05, 4.69) is 48.5 Å². The fraction of sp³-hybridized carbons (Fsp3) is 0.714. The van der Waals surface area contributed by atoms with Gasteiger partial charge >= 0.3 is 5.97 Å². The van der Waals surface area contributed by atoms with E-state index < -0.39 is 11.1 Å². The lowest BCUT2D eigenvalue weighted by molar-refractivity contribution is -0.168. The highest BCUT2D eigenvalue weighted by molar-refractivity contribution is 5.99. The molecular weight excluding hydrogens is 414 g/mol. The average molecular weight is 460 g/mol. The molecule has 1 fully saturated rings. The van der Waals surface area contributed by atoms with E-state index in [9.17, 15) is 9.59 Å². The van der Waals surface area contributed by atoms with Crippen molar-refractivity contribution >= 4 is 11.9 Å². The molecule has 0 N–H and O–H groups in total. The first-order chi connectivity index (χ1) is 15.0. The normalized spacial score (nSPS) is 21.6. The van der Waals surface area contributed by atoms with Gasteiger partial charge in [-0.05, 0) is 74.5 Å². The molecule has 0 aliphatic carbocycles. The zero-order valence-corrected chi connectivity index (χ0v) is 22.7. The third kappa shape index (κ3) is 6.10. The van der Waals surface area contributed by atoms with Crippen molar-refractivity contribution in [1.82, 2.24) is 4.90 Å². The maximum Gasteiger partial charge on any atom is 0.332 e. The van der Waals surface area contributed by atoms with Gasteiger partial charge in [-0.15, -0.1) is 0 Å². The summed E-state index contributed by atoms with van der Waals surface area (Å²) >= 11 is 0. The van der Waals surface area contributed by atoms with Crippen LogP contribution < -0.4 is 4.74 Å². The van der Waals surface area contributed by atoms with Crippen LogP contribution in [0.15, 0.2) is 18.2 Å². The maximum absolute atomic E-state index is 14.0. The SMILES string of the molecule is COc1cc(C(=O)N2CC(C(C)C)C[C@@]2(CC(C)C)C(=O)OC(C)(C)C)ccc1C(C)(C)C. The summed E-state index contributed by atoms with van der Waals surface area (Å²) in [6.45, 7) is 21.1. The molecule has 1 aromatic rings. The van der Waals surface area contributed by atoms with Crippen LogP contribution in [0.1, 0.15) is 98.0 Å². The van der Waals surface area contributed by atoms with Crippen molar-refractivity contribution < 1.29 is 19.1 Å². The van der Waals surface area contributed by atoms with Gasteiger partial charge in [0.2, 0.25) is 0 Å². The van der Waals surface area contributed by atoms with Crippen molar-refractivity contribution in [3.63, 3.8) is 0 Å². The molecule has 2 rings (SSSR count). The van der Waals surface area contributed by atoms with Crippen LogP contribution in [0.2, 0.25) is 0 Å². The van der Waals surface area contributed by atoms with Gasteiger partial charge in [0.1, 0.15) is 16.9 Å². The molecule has 5 nitrogen and oxygen atoms in total. The Morgan fingerprint density at radius 2 is 1.70 bits per heavy atom. The van der Waals surface area contributed by atoms with Gasteiger partial charge in [0, 0.05) is 12.1 Å². The molecule has 186 valence electrons. The summed E-state index contributed by atoms with van der Waals surface area (Å²) in [5.41, 5.74) is -0.113. The highest BCUT2D eigenvalue weighted by Crippen LogP contribution is 2.44. The van der Waals surface area contributed by atoms with Crippen molar-refractivity contribution in [2.75, 3.05) is 13.7 Å². The Morgan fingerprint density at radius 3 is 2.15 bits per heavy atom. The number of rotatable bonds is 6. The predicted octanol–water partition coefficient (Wildman–Crippen LogP) is 6.24. The predicted molar refractivity (Wildman–Crippen MR) is 134 cm³/mol. The number of benzene rings is 1. The van der Waals surface area contributed by atoms with E-state index >= 15 is 0 Å². The molecule has 0 aromatic heterocycles. The number of hydrogen-bond donors (Lipinski definition) is 0. The average Bonchev–Trinajstić information content (AvgIpc) is 3.05. The molecule has 0 spiro atoms. The molecule has 1 aliphatic rings. The number of amides is 1. The molecule has 1 heterocycles. The van der Waals surface area contributed by atoms with E-state index in [1.54, 1.807) is 12.0 Å². The van der Waals surface area contributed by atoms with E-state index in [4.69, 9.17) is 9.47 Å². The molecule has 1 aromatic carbocycles. The maximum atomic E-state index is 14.0. The molecule has 1 amide bonds. The Morgan fingerprint density at radius 1 is 1.09 bits per heavy atom. The van der Waals surface area contributed by atoms with Gasteiger partial charge in [-0.25, -0.2) is 4.79 Å². The molecule has 0 saturated carbocycles. The van der Waals surface area contributed by atoms with Crippen LogP contribution in [0.3, 0.4) is 0 Å². The lowest BCUT2D eigenvalue weighted by atomic mass is 9.81. The number of carbonyl (C=O) groups excluding carboxylic acids is 2. The molecular formula is C28H45NO4. The summed E-state index contributed by atoms with van der Waals surface area (Å²) in [6.07, 6.45) is 1.20. The monoisotopic (exact) mass is 459 g/mol. The molecule has 1 saturated heterocycles. The smallest absolute Gasteiger partial charge is 0.332 e. The van der Waals surface area contributed by atoms with Gasteiger partial charge in [0.25, 0.3) is 5.91 Å². The number of ether oxygens (including phenoxy) is 2. The Balaban J connectivity index is 2.59. The Bertz CT molecular complexity index is 860. The second-order valence-electron chi connectivity index (χ2n) is 12.4. The standard InChI is InChI=1S/C28H45NO4/c1-18(2)15-28(25(31)33-27(8,9)10)16-21(19(3)4)17-29(28)24(30)20-12-13-22(26(5,6)7)23(14-20)32-11/h12-14,18-19,21H,15-17H2,1-11H3/t21?,28-/m0/s1. The van der Waals surface area contributed by atoms with E-state index in [1.807, 2.05) is 39.0 Å². The van der Waals surface area contributed by atoms with Crippen LogP contribution in [-0.4, -0.2) is 41.6 Å². The molecule has 1 aliphatic heterocycles. The minimum Gasteiger partial charge on any atom is -0.496 e. The van der Waals surface area contributed by atoms with Gasteiger partial charge in [-0.1, -0.05) is 54.5 Å². The van der Waals surface area contributed by atoms with Gasteiger partial charge in [-0.3, -0.25) is 4.79 Å². The molecule has 0 radical (unpaired) electrons. The quantitative estimate of drug-likeness (QED) is 0.473. The highest BCUT2D eigenvalue weighted by atomic mass is 16.6. The fourth-order valence-electron chi connectivity index (χ4n) is 4.86. The third-order valence-corrected chi connectivity index (χ3v) is 6.50. The number of nitrogens with zero attached hydrogens (tertiary/aromatic N) is 1. The van der Waals surface area contributed by atoms with Crippen LogP contribution in [0.25, 0.3) is 0 Å². The number of esters is 1. The van der Waals surface area contributed by atoms with Crippen LogP contribution in [-0.2, 0) is 14.9 Å². The van der Waals surface area contributed by atoms with E-state index in [-0.39, 0.29) is 29.1 Å². The second-order valence-corrected chi connectivity index (χ2v) is 12.4. The number of carbonyl (C=O) groups is 2. The van der Waals surface area contributed by atoms with Crippen molar-refractivity contribution in [3.05, 3.63) is 29.3 Å². The van der Waals surface area contributed by atoms with Gasteiger partial charge < -0.3 is 14.4 Å². The summed E-state index contributed by atoms with van der Waals surface area (Å²) in [6, 6.07) is 5.66. The topological polar surface area (TPSA) is 55.8 Å². The summed E-state index contributed by atoms with van der Waals surface area (Å²) < 4.78 is 11.6. The van der Waals surface area contributed by atoms with Crippen molar-refractivity contribution in [3.8, 4) is 5.75 Å². The van der Waals surface area contributed by atoms with Crippen LogP contribution >= 0.6 is 0 Å². The van der Waals surface area contributed by atoms with Crippen LogP contribution in [0.5, 0.6) is 5.75 Å². The molecule has 5 heteroatoms. The van der Waals surface area contributed by atoms with Crippen LogP contribution in [0, 0.1) is 17.8 Å². The third-order valence-electron chi connectivity index (χ3n) is 6.50. The molecule has 33 heavy (non-hydrogen) atoms. The summed E-state index contributed by atoms with van der Waals surface area (Å²) in [5, 5.41) is 0. The zero-order chi connectivity index (χ0) is 25.4.